The maximum Gasteiger partial charge on any atom is 0.191 e. The summed E-state index contributed by atoms with van der Waals surface area (Å²) in [7, 11) is 0. The van der Waals surface area contributed by atoms with Gasteiger partial charge in [0.15, 0.2) is 5.96 Å². The van der Waals surface area contributed by atoms with E-state index in [4.69, 9.17) is 16.3 Å². The Morgan fingerprint density at radius 2 is 2.09 bits per heavy atom. The van der Waals surface area contributed by atoms with Crippen molar-refractivity contribution in [3.05, 3.63) is 34.9 Å². The van der Waals surface area contributed by atoms with Gasteiger partial charge in [-0.3, -0.25) is 4.90 Å². The first-order valence-electron chi connectivity index (χ1n) is 7.84. The molecule has 1 aromatic rings. The molecular weight excluding hydrogens is 427 g/mol. The van der Waals surface area contributed by atoms with Crippen LogP contribution >= 0.6 is 35.6 Å². The first kappa shape index (κ1) is 20.5. The number of hydrogen-bond acceptors (Lipinski definition) is 3. The third-order valence-electron chi connectivity index (χ3n) is 3.48. The summed E-state index contributed by atoms with van der Waals surface area (Å²) in [6.45, 7) is 9.11. The molecule has 0 unspecified atom stereocenters. The molecule has 1 aliphatic heterocycles. The largest absolute Gasteiger partial charge is 0.379 e. The molecule has 0 spiro atoms. The molecular formula is C16H26ClIN4O. The summed E-state index contributed by atoms with van der Waals surface area (Å²) in [4.78, 5) is 7.00. The molecule has 0 saturated carbocycles. The molecule has 0 bridgehead atoms. The number of rotatable bonds is 6. The van der Waals surface area contributed by atoms with Crippen LogP contribution in [0.5, 0.6) is 0 Å². The van der Waals surface area contributed by atoms with Crippen molar-refractivity contribution in [2.24, 2.45) is 4.99 Å². The molecule has 1 fully saturated rings. The van der Waals surface area contributed by atoms with Crippen LogP contribution in [0, 0.1) is 0 Å². The van der Waals surface area contributed by atoms with E-state index in [0.29, 0.717) is 6.54 Å². The number of morpholine rings is 1. The van der Waals surface area contributed by atoms with Crippen LogP contribution in [-0.4, -0.2) is 56.8 Å². The zero-order chi connectivity index (χ0) is 15.6. The van der Waals surface area contributed by atoms with Gasteiger partial charge in [0.05, 0.1) is 19.8 Å². The van der Waals surface area contributed by atoms with Crippen molar-refractivity contribution in [2.75, 3.05) is 45.9 Å². The molecule has 1 saturated heterocycles. The first-order valence-corrected chi connectivity index (χ1v) is 8.22. The number of benzene rings is 1. The second kappa shape index (κ2) is 11.9. The second-order valence-corrected chi connectivity index (χ2v) is 5.64. The Hall–Kier alpha value is -0.570. The molecule has 0 aromatic heterocycles. The number of ether oxygens (including phenoxy) is 1. The lowest BCUT2D eigenvalue weighted by Gasteiger charge is -2.26. The molecule has 1 heterocycles. The minimum absolute atomic E-state index is 0. The molecule has 2 N–H and O–H groups in total. The van der Waals surface area contributed by atoms with Crippen LogP contribution in [0.25, 0.3) is 0 Å². The summed E-state index contributed by atoms with van der Waals surface area (Å²) in [6.07, 6.45) is 0. The Morgan fingerprint density at radius 3 is 2.78 bits per heavy atom. The quantitative estimate of drug-likeness (QED) is 0.395. The SMILES string of the molecule is CCNC(=NCc1cccc(Cl)c1)NCCN1CCOCC1.I. The van der Waals surface area contributed by atoms with Gasteiger partial charge in [-0.05, 0) is 24.6 Å². The third kappa shape index (κ3) is 8.19. The Balaban J connectivity index is 0.00000264. The average Bonchev–Trinajstić information content (AvgIpc) is 2.54. The van der Waals surface area contributed by atoms with Crippen LogP contribution in [0.4, 0.5) is 0 Å². The highest BCUT2D eigenvalue weighted by Crippen LogP contribution is 2.11. The van der Waals surface area contributed by atoms with Crippen LogP contribution in [0.15, 0.2) is 29.3 Å². The Bertz CT molecular complexity index is 481. The maximum absolute atomic E-state index is 6.00. The summed E-state index contributed by atoms with van der Waals surface area (Å²) >= 11 is 6.00. The fourth-order valence-electron chi connectivity index (χ4n) is 2.30. The van der Waals surface area contributed by atoms with Crippen molar-refractivity contribution in [2.45, 2.75) is 13.5 Å². The zero-order valence-corrected chi connectivity index (χ0v) is 16.6. The van der Waals surface area contributed by atoms with Gasteiger partial charge in [-0.2, -0.15) is 0 Å². The van der Waals surface area contributed by atoms with Crippen LogP contribution < -0.4 is 10.6 Å². The molecule has 7 heteroatoms. The highest BCUT2D eigenvalue weighted by molar-refractivity contribution is 14.0. The summed E-state index contributed by atoms with van der Waals surface area (Å²) in [5.41, 5.74) is 1.11. The Kier molecular flexibility index (Phi) is 10.6. The van der Waals surface area contributed by atoms with Gasteiger partial charge in [-0.25, -0.2) is 4.99 Å². The van der Waals surface area contributed by atoms with Gasteiger partial charge in [0.2, 0.25) is 0 Å². The van der Waals surface area contributed by atoms with E-state index in [9.17, 15) is 0 Å². The van der Waals surface area contributed by atoms with E-state index in [-0.39, 0.29) is 24.0 Å². The lowest BCUT2D eigenvalue weighted by atomic mass is 10.2. The van der Waals surface area contributed by atoms with Gasteiger partial charge in [0, 0.05) is 37.7 Å². The van der Waals surface area contributed by atoms with Gasteiger partial charge < -0.3 is 15.4 Å². The van der Waals surface area contributed by atoms with E-state index in [2.05, 4.69) is 27.4 Å². The molecule has 130 valence electrons. The zero-order valence-electron chi connectivity index (χ0n) is 13.6. The van der Waals surface area contributed by atoms with Crippen molar-refractivity contribution >= 4 is 41.5 Å². The molecule has 0 amide bonds. The number of nitrogens with zero attached hydrogens (tertiary/aromatic N) is 2. The van der Waals surface area contributed by atoms with Crippen LogP contribution in [-0.2, 0) is 11.3 Å². The van der Waals surface area contributed by atoms with Crippen molar-refractivity contribution < 1.29 is 4.74 Å². The summed E-state index contributed by atoms with van der Waals surface area (Å²) in [5.74, 6) is 0.843. The molecule has 0 aliphatic carbocycles. The number of halogens is 2. The highest BCUT2D eigenvalue weighted by atomic mass is 127. The number of aliphatic imine (C=N–C) groups is 1. The van der Waals surface area contributed by atoms with E-state index in [0.717, 1.165) is 62.5 Å². The van der Waals surface area contributed by atoms with Gasteiger partial charge in [0.1, 0.15) is 0 Å². The lowest BCUT2D eigenvalue weighted by Crippen LogP contribution is -2.44. The van der Waals surface area contributed by atoms with Gasteiger partial charge in [-0.1, -0.05) is 23.7 Å². The Labute approximate surface area is 160 Å². The van der Waals surface area contributed by atoms with E-state index < -0.39 is 0 Å². The smallest absolute Gasteiger partial charge is 0.191 e. The predicted molar refractivity (Wildman–Crippen MR) is 107 cm³/mol. The van der Waals surface area contributed by atoms with E-state index in [1.54, 1.807) is 0 Å². The van der Waals surface area contributed by atoms with Crippen molar-refractivity contribution in [3.63, 3.8) is 0 Å². The van der Waals surface area contributed by atoms with Gasteiger partial charge >= 0.3 is 0 Å². The fourth-order valence-corrected chi connectivity index (χ4v) is 2.52. The normalized spacial score (nSPS) is 15.8. The number of nitrogens with one attached hydrogen (secondary N) is 2. The predicted octanol–water partition coefficient (Wildman–Crippen LogP) is 2.35. The van der Waals surface area contributed by atoms with E-state index >= 15 is 0 Å². The maximum atomic E-state index is 6.00. The van der Waals surface area contributed by atoms with Crippen molar-refractivity contribution in [1.29, 1.82) is 0 Å². The van der Waals surface area contributed by atoms with Crippen LogP contribution in [0.3, 0.4) is 0 Å². The van der Waals surface area contributed by atoms with Gasteiger partial charge in [-0.15, -0.1) is 24.0 Å². The second-order valence-electron chi connectivity index (χ2n) is 5.21. The van der Waals surface area contributed by atoms with E-state index in [1.165, 1.54) is 0 Å². The van der Waals surface area contributed by atoms with E-state index in [1.807, 2.05) is 24.3 Å². The standard InChI is InChI=1S/C16H25ClN4O.HI/c1-2-18-16(19-6-7-21-8-10-22-11-9-21)20-13-14-4-3-5-15(17)12-14;/h3-5,12H,2,6-11,13H2,1H3,(H2,18,19,20);1H. The summed E-state index contributed by atoms with van der Waals surface area (Å²) in [5, 5.41) is 7.39. The van der Waals surface area contributed by atoms with Crippen LogP contribution in [0.2, 0.25) is 5.02 Å². The molecule has 0 radical (unpaired) electrons. The topological polar surface area (TPSA) is 48.9 Å². The Morgan fingerprint density at radius 1 is 1.30 bits per heavy atom. The van der Waals surface area contributed by atoms with Crippen molar-refractivity contribution in [1.82, 2.24) is 15.5 Å². The molecule has 1 aromatic carbocycles. The fraction of sp³-hybridized carbons (Fsp3) is 0.562. The lowest BCUT2D eigenvalue weighted by molar-refractivity contribution is 0.0389. The monoisotopic (exact) mass is 452 g/mol. The summed E-state index contributed by atoms with van der Waals surface area (Å²) in [6, 6.07) is 7.81. The third-order valence-corrected chi connectivity index (χ3v) is 3.71. The molecule has 2 rings (SSSR count). The number of hydrogen-bond donors (Lipinski definition) is 2. The average molecular weight is 453 g/mol. The minimum Gasteiger partial charge on any atom is -0.379 e. The molecule has 1 aliphatic rings. The summed E-state index contributed by atoms with van der Waals surface area (Å²) < 4.78 is 5.35. The number of guanidine groups is 1. The molecule has 23 heavy (non-hydrogen) atoms. The molecule has 0 atom stereocenters. The van der Waals surface area contributed by atoms with Crippen LogP contribution in [0.1, 0.15) is 12.5 Å². The minimum atomic E-state index is 0. The van der Waals surface area contributed by atoms with Crippen molar-refractivity contribution in [3.8, 4) is 0 Å². The van der Waals surface area contributed by atoms with Gasteiger partial charge in [0.25, 0.3) is 0 Å². The first-order chi connectivity index (χ1) is 10.8. The highest BCUT2D eigenvalue weighted by Gasteiger charge is 2.09. The molecule has 5 nitrogen and oxygen atoms in total.